The van der Waals surface area contributed by atoms with Crippen LogP contribution in [0.15, 0.2) is 18.2 Å². The summed E-state index contributed by atoms with van der Waals surface area (Å²) in [5.74, 6) is 0.0312. The normalized spacial score (nSPS) is 16.5. The number of benzene rings is 1. The molecule has 1 aromatic rings. The molecule has 116 valence electrons. The number of hydrogen-bond donors (Lipinski definition) is 2. The van der Waals surface area contributed by atoms with E-state index in [0.717, 1.165) is 24.2 Å². The first-order valence-corrected chi connectivity index (χ1v) is 7.43. The summed E-state index contributed by atoms with van der Waals surface area (Å²) in [6.45, 7) is 5.72. The fraction of sp³-hybridized carbons (Fsp3) is 0.562. The minimum atomic E-state index is 0.0312. The fourth-order valence-corrected chi connectivity index (χ4v) is 2.72. The molecule has 0 aromatic heterocycles. The number of methoxy groups -OCH3 is 1. The summed E-state index contributed by atoms with van der Waals surface area (Å²) in [5.41, 5.74) is 9.49. The van der Waals surface area contributed by atoms with Gasteiger partial charge in [-0.3, -0.25) is 4.79 Å². The van der Waals surface area contributed by atoms with Gasteiger partial charge in [0.05, 0.1) is 13.2 Å². The second-order valence-corrected chi connectivity index (χ2v) is 5.77. The molecule has 0 saturated heterocycles. The molecule has 3 N–H and O–H groups in total. The van der Waals surface area contributed by atoms with Crippen LogP contribution in [0.1, 0.15) is 31.0 Å². The first kappa shape index (κ1) is 15.8. The minimum absolute atomic E-state index is 0.0312. The van der Waals surface area contributed by atoms with Crippen LogP contribution in [0.25, 0.3) is 0 Å². The second-order valence-electron chi connectivity index (χ2n) is 5.77. The molecule has 1 aliphatic heterocycles. The topological polar surface area (TPSA) is 67.6 Å². The predicted octanol–water partition coefficient (Wildman–Crippen LogP) is 1.22. The number of carbonyl (C=O) groups is 1. The number of amides is 1. The molecule has 2 atom stereocenters. The van der Waals surface area contributed by atoms with Gasteiger partial charge >= 0.3 is 0 Å². The number of nitrogens with zero attached hydrogens (tertiary/aromatic N) is 1. The van der Waals surface area contributed by atoms with Crippen LogP contribution in [-0.2, 0) is 16.0 Å². The highest BCUT2D eigenvalue weighted by molar-refractivity contribution is 5.82. The molecule has 2 unspecified atom stereocenters. The van der Waals surface area contributed by atoms with Gasteiger partial charge in [-0.25, -0.2) is 0 Å². The Morgan fingerprint density at radius 2 is 2.24 bits per heavy atom. The van der Waals surface area contributed by atoms with Gasteiger partial charge in [0.25, 0.3) is 0 Å². The Bertz CT molecular complexity index is 502. The fourth-order valence-electron chi connectivity index (χ4n) is 2.72. The summed E-state index contributed by atoms with van der Waals surface area (Å²) in [4.78, 5) is 14.2. The van der Waals surface area contributed by atoms with Crippen molar-refractivity contribution in [1.29, 1.82) is 0 Å². The van der Waals surface area contributed by atoms with Gasteiger partial charge in [0.15, 0.2) is 0 Å². The molecule has 1 amide bonds. The zero-order chi connectivity index (χ0) is 15.4. The smallest absolute Gasteiger partial charge is 0.239 e. The van der Waals surface area contributed by atoms with E-state index >= 15 is 0 Å². The quantitative estimate of drug-likeness (QED) is 0.827. The molecule has 1 heterocycles. The maximum absolute atomic E-state index is 12.0. The summed E-state index contributed by atoms with van der Waals surface area (Å²) >= 11 is 0. The van der Waals surface area contributed by atoms with Crippen LogP contribution in [0, 0.1) is 0 Å². The molecule has 1 aromatic carbocycles. The largest absolute Gasteiger partial charge is 0.383 e. The first-order valence-electron chi connectivity index (χ1n) is 7.43. The van der Waals surface area contributed by atoms with E-state index < -0.39 is 0 Å². The number of rotatable bonds is 6. The van der Waals surface area contributed by atoms with E-state index in [1.54, 1.807) is 7.11 Å². The monoisotopic (exact) mass is 291 g/mol. The predicted molar refractivity (Wildman–Crippen MR) is 84.4 cm³/mol. The van der Waals surface area contributed by atoms with Gasteiger partial charge in [0, 0.05) is 31.4 Å². The third kappa shape index (κ3) is 3.95. The maximum atomic E-state index is 12.0. The van der Waals surface area contributed by atoms with Gasteiger partial charge in [-0.05, 0) is 37.5 Å². The van der Waals surface area contributed by atoms with Gasteiger partial charge < -0.3 is 20.7 Å². The van der Waals surface area contributed by atoms with Crippen LogP contribution in [0.4, 0.5) is 5.69 Å². The van der Waals surface area contributed by atoms with Crippen LogP contribution >= 0.6 is 0 Å². The van der Waals surface area contributed by atoms with E-state index in [2.05, 4.69) is 22.3 Å². The lowest BCUT2D eigenvalue weighted by atomic mass is 10.0. The average Bonchev–Trinajstić information content (AvgIpc) is 2.81. The molecule has 1 aliphatic rings. The van der Waals surface area contributed by atoms with Crippen LogP contribution in [0.5, 0.6) is 0 Å². The Labute approximate surface area is 126 Å². The van der Waals surface area contributed by atoms with Crippen LogP contribution < -0.4 is 16.0 Å². The summed E-state index contributed by atoms with van der Waals surface area (Å²) in [7, 11) is 1.63. The molecule has 0 fully saturated rings. The Kier molecular flexibility index (Phi) is 5.20. The van der Waals surface area contributed by atoms with Crippen molar-refractivity contribution in [1.82, 2.24) is 5.32 Å². The summed E-state index contributed by atoms with van der Waals surface area (Å²) < 4.78 is 5.03. The number of anilines is 1. The number of ether oxygens (including phenoxy) is 1. The van der Waals surface area contributed by atoms with E-state index in [1.165, 1.54) is 5.56 Å². The number of carbonyl (C=O) groups excluding carboxylic acids is 1. The van der Waals surface area contributed by atoms with Gasteiger partial charge in [-0.15, -0.1) is 0 Å². The van der Waals surface area contributed by atoms with E-state index in [-0.39, 0.29) is 18.0 Å². The van der Waals surface area contributed by atoms with Crippen molar-refractivity contribution >= 4 is 11.6 Å². The average molecular weight is 291 g/mol. The molecular weight excluding hydrogens is 266 g/mol. The van der Waals surface area contributed by atoms with E-state index in [4.69, 9.17) is 10.5 Å². The second kappa shape index (κ2) is 6.91. The van der Waals surface area contributed by atoms with Crippen molar-refractivity contribution in [3.05, 3.63) is 29.3 Å². The highest BCUT2D eigenvalue weighted by Gasteiger charge is 2.22. The zero-order valence-electron chi connectivity index (χ0n) is 13.1. The molecule has 0 radical (unpaired) electrons. The van der Waals surface area contributed by atoms with Crippen molar-refractivity contribution < 1.29 is 9.53 Å². The highest BCUT2D eigenvalue weighted by atomic mass is 16.5. The van der Waals surface area contributed by atoms with Gasteiger partial charge in [-0.1, -0.05) is 12.1 Å². The molecule has 2 rings (SSSR count). The number of nitrogens with one attached hydrogen (secondary N) is 1. The van der Waals surface area contributed by atoms with Gasteiger partial charge in [-0.2, -0.15) is 0 Å². The molecule has 5 nitrogen and oxygen atoms in total. The lowest BCUT2D eigenvalue weighted by Crippen LogP contribution is -2.42. The molecule has 5 heteroatoms. The number of nitrogens with two attached hydrogens (primary N) is 1. The first-order chi connectivity index (χ1) is 10.0. The summed E-state index contributed by atoms with van der Waals surface area (Å²) in [5, 5.41) is 2.94. The molecule has 0 aliphatic carbocycles. The maximum Gasteiger partial charge on any atom is 0.239 e. The summed E-state index contributed by atoms with van der Waals surface area (Å²) in [6.07, 6.45) is 0.969. The molecule has 0 saturated carbocycles. The van der Waals surface area contributed by atoms with Crippen molar-refractivity contribution in [2.75, 3.05) is 31.7 Å². The van der Waals surface area contributed by atoms with Crippen LogP contribution in [0.3, 0.4) is 0 Å². The highest BCUT2D eigenvalue weighted by Crippen LogP contribution is 2.29. The molecule has 21 heavy (non-hydrogen) atoms. The van der Waals surface area contributed by atoms with Crippen molar-refractivity contribution in [2.24, 2.45) is 5.73 Å². The van der Waals surface area contributed by atoms with Gasteiger partial charge in [0.1, 0.15) is 0 Å². The van der Waals surface area contributed by atoms with Gasteiger partial charge in [0.2, 0.25) is 5.91 Å². The van der Waals surface area contributed by atoms with E-state index in [9.17, 15) is 4.79 Å². The third-order valence-electron chi connectivity index (χ3n) is 3.78. The number of hydrogen-bond acceptors (Lipinski definition) is 4. The number of fused-ring (bicyclic) bond motifs is 1. The van der Waals surface area contributed by atoms with Crippen LogP contribution in [0.2, 0.25) is 0 Å². The van der Waals surface area contributed by atoms with Crippen molar-refractivity contribution in [2.45, 2.75) is 32.4 Å². The molecule has 0 spiro atoms. The standard InChI is InChI=1S/C16H25N3O2/c1-11(10-21-3)18-16(20)9-19-7-6-14-8-13(12(2)17)4-5-15(14)19/h4-5,8,11-12H,6-7,9-10,17H2,1-3H3,(H,18,20). The minimum Gasteiger partial charge on any atom is -0.383 e. The SMILES string of the molecule is COCC(C)NC(=O)CN1CCc2cc(C(C)N)ccc21. The lowest BCUT2D eigenvalue weighted by molar-refractivity contribution is -0.120. The Morgan fingerprint density at radius 3 is 2.90 bits per heavy atom. The molecular formula is C16H25N3O2. The Hall–Kier alpha value is -1.59. The lowest BCUT2D eigenvalue weighted by Gasteiger charge is -2.21. The summed E-state index contributed by atoms with van der Waals surface area (Å²) in [6, 6.07) is 6.36. The van der Waals surface area contributed by atoms with Crippen molar-refractivity contribution in [3.8, 4) is 0 Å². The van der Waals surface area contributed by atoms with E-state index in [1.807, 2.05) is 19.9 Å². The molecule has 0 bridgehead atoms. The third-order valence-corrected chi connectivity index (χ3v) is 3.78. The Balaban J connectivity index is 1.98. The Morgan fingerprint density at radius 1 is 1.48 bits per heavy atom. The van der Waals surface area contributed by atoms with Crippen LogP contribution in [-0.4, -0.2) is 38.8 Å². The zero-order valence-corrected chi connectivity index (χ0v) is 13.1. The van der Waals surface area contributed by atoms with E-state index in [0.29, 0.717) is 13.2 Å². The van der Waals surface area contributed by atoms with Crippen molar-refractivity contribution in [3.63, 3.8) is 0 Å².